The number of hydrogen-bond acceptors (Lipinski definition) is 4. The number of nitrogens with one attached hydrogen (secondary N) is 2. The predicted molar refractivity (Wildman–Crippen MR) is 105 cm³/mol. The minimum atomic E-state index is -4.37. The van der Waals surface area contributed by atoms with E-state index in [9.17, 15) is 18.0 Å². The molecular weight excluding hydrogens is 387 g/mol. The van der Waals surface area contributed by atoms with E-state index in [1.54, 1.807) is 12.3 Å². The van der Waals surface area contributed by atoms with Crippen molar-refractivity contribution in [3.05, 3.63) is 76.3 Å². The summed E-state index contributed by atoms with van der Waals surface area (Å²) in [5, 5.41) is 6.14. The van der Waals surface area contributed by atoms with Gasteiger partial charge in [0.2, 0.25) is 5.91 Å². The molecule has 4 nitrogen and oxygen atoms in total. The number of thiazole rings is 1. The minimum absolute atomic E-state index is 0.0893. The third kappa shape index (κ3) is 5.56. The smallest absolute Gasteiger partial charge is 0.376 e. The lowest BCUT2D eigenvalue weighted by atomic mass is 10.1. The topological polar surface area (TPSA) is 54.0 Å². The molecule has 1 aromatic heterocycles. The summed E-state index contributed by atoms with van der Waals surface area (Å²) in [7, 11) is 0. The van der Waals surface area contributed by atoms with Gasteiger partial charge in [-0.3, -0.25) is 4.79 Å². The number of nitrogens with zero attached hydrogens (tertiary/aromatic N) is 1. The molecule has 0 unspecified atom stereocenters. The quantitative estimate of drug-likeness (QED) is 0.599. The van der Waals surface area contributed by atoms with Gasteiger partial charge in [0.25, 0.3) is 0 Å². The van der Waals surface area contributed by atoms with Crippen LogP contribution in [0.1, 0.15) is 21.6 Å². The van der Waals surface area contributed by atoms with Crippen molar-refractivity contribution in [3.63, 3.8) is 0 Å². The van der Waals surface area contributed by atoms with Crippen molar-refractivity contribution in [2.45, 2.75) is 19.5 Å². The van der Waals surface area contributed by atoms with E-state index in [2.05, 4.69) is 15.6 Å². The molecule has 8 heteroatoms. The average molecular weight is 405 g/mol. The highest BCUT2D eigenvalue weighted by atomic mass is 32.1. The van der Waals surface area contributed by atoms with Crippen molar-refractivity contribution in [2.24, 2.45) is 0 Å². The first-order chi connectivity index (χ1) is 13.3. The molecule has 0 spiro atoms. The Morgan fingerprint density at radius 1 is 1.14 bits per heavy atom. The highest BCUT2D eigenvalue weighted by molar-refractivity contribution is 7.15. The van der Waals surface area contributed by atoms with Gasteiger partial charge in [-0.15, -0.1) is 11.3 Å². The molecule has 28 heavy (non-hydrogen) atoms. The van der Waals surface area contributed by atoms with E-state index < -0.39 is 11.7 Å². The Hall–Kier alpha value is -2.87. The van der Waals surface area contributed by atoms with Crippen molar-refractivity contribution in [1.82, 2.24) is 4.98 Å². The largest absolute Gasteiger partial charge is 0.416 e. The minimum Gasteiger partial charge on any atom is -0.376 e. The maximum absolute atomic E-state index is 12.8. The Labute approximate surface area is 164 Å². The first kappa shape index (κ1) is 19.9. The van der Waals surface area contributed by atoms with Crippen LogP contribution in [0.25, 0.3) is 0 Å². The fourth-order valence-electron chi connectivity index (χ4n) is 2.61. The number of rotatable bonds is 6. The van der Waals surface area contributed by atoms with Crippen LogP contribution in [0.15, 0.2) is 54.7 Å². The molecule has 3 rings (SSSR count). The lowest BCUT2D eigenvalue weighted by Crippen LogP contribution is -2.21. The molecule has 0 saturated heterocycles. The number of aryl methyl sites for hydroxylation is 1. The Bertz CT molecular complexity index is 969. The molecule has 2 N–H and O–H groups in total. The Morgan fingerprint density at radius 3 is 2.68 bits per heavy atom. The fourth-order valence-corrected chi connectivity index (χ4v) is 3.47. The molecule has 0 aliphatic carbocycles. The lowest BCUT2D eigenvalue weighted by Gasteiger charge is -2.08. The molecule has 0 fully saturated rings. The van der Waals surface area contributed by atoms with Gasteiger partial charge in [-0.25, -0.2) is 4.98 Å². The van der Waals surface area contributed by atoms with E-state index in [-0.39, 0.29) is 12.5 Å². The summed E-state index contributed by atoms with van der Waals surface area (Å²) in [6.07, 6.45) is -2.49. The van der Waals surface area contributed by atoms with Gasteiger partial charge in [0.1, 0.15) is 0 Å². The van der Waals surface area contributed by atoms with Gasteiger partial charge in [0, 0.05) is 23.2 Å². The number of alkyl halides is 3. The zero-order valence-corrected chi connectivity index (χ0v) is 15.8. The van der Waals surface area contributed by atoms with Crippen molar-refractivity contribution in [3.8, 4) is 0 Å². The van der Waals surface area contributed by atoms with Crippen LogP contribution in [0, 0.1) is 6.92 Å². The second-order valence-electron chi connectivity index (χ2n) is 6.28. The number of carbonyl (C=O) groups excluding carboxylic acids is 1. The van der Waals surface area contributed by atoms with Gasteiger partial charge in [-0.1, -0.05) is 30.3 Å². The number of hydrogen-bond donors (Lipinski definition) is 2. The van der Waals surface area contributed by atoms with Crippen molar-refractivity contribution < 1.29 is 18.0 Å². The second-order valence-corrected chi connectivity index (χ2v) is 7.39. The van der Waals surface area contributed by atoms with Crippen LogP contribution in [0.4, 0.5) is 24.0 Å². The fraction of sp³-hybridized carbons (Fsp3) is 0.200. The second kappa shape index (κ2) is 8.43. The van der Waals surface area contributed by atoms with E-state index in [0.717, 1.165) is 28.3 Å². The molecule has 1 amide bonds. The van der Waals surface area contributed by atoms with Gasteiger partial charge in [-0.05, 0) is 36.2 Å². The van der Waals surface area contributed by atoms with E-state index in [1.807, 2.05) is 31.2 Å². The van der Waals surface area contributed by atoms with Crippen molar-refractivity contribution >= 4 is 28.1 Å². The molecule has 0 atom stereocenters. The van der Waals surface area contributed by atoms with E-state index in [0.29, 0.717) is 17.1 Å². The molecule has 146 valence electrons. The molecule has 3 aromatic rings. The molecule has 0 bridgehead atoms. The standard InChI is InChI=1S/C20H18F3N3OS/c1-13-4-2-7-16(8-13)24-12-18(27)26-19-25-11-17(28-19)10-14-5-3-6-15(9-14)20(21,22)23/h2-9,11,24H,10,12H2,1H3,(H,25,26,27). The summed E-state index contributed by atoms with van der Waals surface area (Å²) >= 11 is 1.24. The van der Waals surface area contributed by atoms with Crippen molar-refractivity contribution in [1.29, 1.82) is 0 Å². The number of carbonyl (C=O) groups is 1. The van der Waals surface area contributed by atoms with Crippen LogP contribution in [-0.2, 0) is 17.4 Å². The maximum Gasteiger partial charge on any atom is 0.416 e. The number of aromatic nitrogens is 1. The van der Waals surface area contributed by atoms with Crippen LogP contribution in [-0.4, -0.2) is 17.4 Å². The molecule has 0 aliphatic rings. The lowest BCUT2D eigenvalue weighted by molar-refractivity contribution is -0.137. The Morgan fingerprint density at radius 2 is 1.93 bits per heavy atom. The summed E-state index contributed by atoms with van der Waals surface area (Å²) in [5.74, 6) is -0.249. The van der Waals surface area contributed by atoms with Crippen LogP contribution < -0.4 is 10.6 Å². The zero-order valence-electron chi connectivity index (χ0n) is 15.0. The third-order valence-electron chi connectivity index (χ3n) is 3.90. The zero-order chi connectivity index (χ0) is 20.1. The Balaban J connectivity index is 1.56. The number of benzene rings is 2. The van der Waals surface area contributed by atoms with Crippen molar-refractivity contribution in [2.75, 3.05) is 17.2 Å². The third-order valence-corrected chi connectivity index (χ3v) is 4.82. The average Bonchev–Trinajstić information content (AvgIpc) is 3.06. The normalized spacial score (nSPS) is 11.3. The van der Waals surface area contributed by atoms with Gasteiger partial charge >= 0.3 is 6.18 Å². The first-order valence-electron chi connectivity index (χ1n) is 8.51. The first-order valence-corrected chi connectivity index (χ1v) is 9.32. The summed E-state index contributed by atoms with van der Waals surface area (Å²) < 4.78 is 38.4. The number of anilines is 2. The van der Waals surface area contributed by atoms with Crippen LogP contribution in [0.2, 0.25) is 0 Å². The Kier molecular flexibility index (Phi) is 5.99. The van der Waals surface area contributed by atoms with E-state index in [4.69, 9.17) is 0 Å². The van der Waals surface area contributed by atoms with E-state index in [1.165, 1.54) is 17.4 Å². The summed E-state index contributed by atoms with van der Waals surface area (Å²) in [5.41, 5.74) is 1.80. The molecular formula is C20H18F3N3OS. The highest BCUT2D eigenvalue weighted by Crippen LogP contribution is 2.30. The van der Waals surface area contributed by atoms with Crippen LogP contribution >= 0.6 is 11.3 Å². The molecule has 2 aromatic carbocycles. The van der Waals surface area contributed by atoms with Crippen LogP contribution in [0.5, 0.6) is 0 Å². The summed E-state index contributed by atoms with van der Waals surface area (Å²) in [6.45, 7) is 2.05. The molecule has 1 heterocycles. The van der Waals surface area contributed by atoms with Gasteiger partial charge in [-0.2, -0.15) is 13.2 Å². The molecule has 0 saturated carbocycles. The summed E-state index contributed by atoms with van der Waals surface area (Å²) in [4.78, 5) is 17.0. The SMILES string of the molecule is Cc1cccc(NCC(=O)Nc2ncc(Cc3cccc(C(F)(F)F)c3)s2)c1. The van der Waals surface area contributed by atoms with Gasteiger partial charge in [0.05, 0.1) is 12.1 Å². The van der Waals surface area contributed by atoms with E-state index >= 15 is 0 Å². The highest BCUT2D eigenvalue weighted by Gasteiger charge is 2.30. The van der Waals surface area contributed by atoms with Gasteiger partial charge < -0.3 is 10.6 Å². The molecule has 0 radical (unpaired) electrons. The van der Waals surface area contributed by atoms with Crippen LogP contribution in [0.3, 0.4) is 0 Å². The number of halogens is 3. The van der Waals surface area contributed by atoms with Gasteiger partial charge in [0.15, 0.2) is 5.13 Å². The summed E-state index contributed by atoms with van der Waals surface area (Å²) in [6, 6.07) is 12.9. The number of amides is 1. The predicted octanol–water partition coefficient (Wildman–Crippen LogP) is 5.11. The maximum atomic E-state index is 12.8. The molecule has 0 aliphatic heterocycles. The monoisotopic (exact) mass is 405 g/mol.